The van der Waals surface area contributed by atoms with E-state index < -0.39 is 22.4 Å². The SMILES string of the molecule is CNC(CS(=O)c1ccc(F)cc1F)C1CCOC1. The van der Waals surface area contributed by atoms with Crippen LogP contribution < -0.4 is 5.32 Å². The molecule has 1 aliphatic heterocycles. The van der Waals surface area contributed by atoms with E-state index in [1.807, 2.05) is 0 Å². The van der Waals surface area contributed by atoms with Gasteiger partial charge in [-0.15, -0.1) is 0 Å². The summed E-state index contributed by atoms with van der Waals surface area (Å²) < 4.78 is 43.8. The van der Waals surface area contributed by atoms with Crippen molar-refractivity contribution in [1.82, 2.24) is 5.32 Å². The first-order chi connectivity index (χ1) is 9.11. The molecule has 0 amide bonds. The lowest BCUT2D eigenvalue weighted by molar-refractivity contribution is 0.179. The molecule has 1 fully saturated rings. The fraction of sp³-hybridized carbons (Fsp3) is 0.538. The van der Waals surface area contributed by atoms with Gasteiger partial charge in [0.1, 0.15) is 11.6 Å². The molecule has 0 bridgehead atoms. The van der Waals surface area contributed by atoms with Gasteiger partial charge in [-0.1, -0.05) is 0 Å². The summed E-state index contributed by atoms with van der Waals surface area (Å²) in [5.41, 5.74) is 0. The number of rotatable bonds is 5. The Kier molecular flexibility index (Phi) is 5.01. The monoisotopic (exact) mass is 289 g/mol. The first-order valence-electron chi connectivity index (χ1n) is 6.20. The van der Waals surface area contributed by atoms with Crippen LogP contribution in [0.3, 0.4) is 0 Å². The second-order valence-electron chi connectivity index (χ2n) is 4.61. The average Bonchev–Trinajstić information content (AvgIpc) is 2.89. The minimum absolute atomic E-state index is 0.00721. The van der Waals surface area contributed by atoms with Crippen molar-refractivity contribution >= 4 is 10.8 Å². The van der Waals surface area contributed by atoms with Crippen LogP contribution in [0.15, 0.2) is 23.1 Å². The highest BCUT2D eigenvalue weighted by Gasteiger charge is 2.27. The van der Waals surface area contributed by atoms with Crippen LogP contribution in [0.1, 0.15) is 6.42 Å². The fourth-order valence-corrected chi connectivity index (χ4v) is 3.68. The van der Waals surface area contributed by atoms with E-state index in [1.165, 1.54) is 6.07 Å². The van der Waals surface area contributed by atoms with E-state index in [2.05, 4.69) is 5.32 Å². The van der Waals surface area contributed by atoms with E-state index in [0.29, 0.717) is 19.0 Å². The third-order valence-electron chi connectivity index (χ3n) is 3.37. The molecule has 0 saturated carbocycles. The third-order valence-corrected chi connectivity index (χ3v) is 4.86. The quantitative estimate of drug-likeness (QED) is 0.896. The van der Waals surface area contributed by atoms with E-state index in [9.17, 15) is 13.0 Å². The molecule has 0 radical (unpaired) electrons. The van der Waals surface area contributed by atoms with E-state index in [4.69, 9.17) is 4.74 Å². The number of hydrogen-bond acceptors (Lipinski definition) is 3. The maximum atomic E-state index is 13.6. The molecule has 0 aliphatic carbocycles. The van der Waals surface area contributed by atoms with Crippen molar-refractivity contribution in [1.29, 1.82) is 0 Å². The van der Waals surface area contributed by atoms with Crippen LogP contribution in [-0.4, -0.2) is 36.3 Å². The molecule has 3 nitrogen and oxygen atoms in total. The molecule has 1 heterocycles. The van der Waals surface area contributed by atoms with Gasteiger partial charge in [0.05, 0.1) is 22.3 Å². The Balaban J connectivity index is 2.06. The molecule has 6 heteroatoms. The molecule has 3 unspecified atom stereocenters. The zero-order valence-electron chi connectivity index (χ0n) is 10.7. The summed E-state index contributed by atoms with van der Waals surface area (Å²) in [4.78, 5) is 0.0561. The van der Waals surface area contributed by atoms with Gasteiger partial charge < -0.3 is 10.1 Å². The van der Waals surface area contributed by atoms with Crippen LogP contribution in [0.25, 0.3) is 0 Å². The van der Waals surface area contributed by atoms with Gasteiger partial charge in [-0.25, -0.2) is 8.78 Å². The number of ether oxygens (including phenoxy) is 1. The largest absolute Gasteiger partial charge is 0.381 e. The fourth-order valence-electron chi connectivity index (χ4n) is 2.24. The summed E-state index contributed by atoms with van der Waals surface area (Å²) in [6.45, 7) is 1.34. The highest BCUT2D eigenvalue weighted by atomic mass is 32.2. The number of halogens is 2. The molecule has 1 aromatic rings. The maximum absolute atomic E-state index is 13.6. The maximum Gasteiger partial charge on any atom is 0.142 e. The van der Waals surface area contributed by atoms with Crippen molar-refractivity contribution in [2.45, 2.75) is 17.4 Å². The molecule has 1 N–H and O–H groups in total. The van der Waals surface area contributed by atoms with Gasteiger partial charge in [-0.05, 0) is 25.6 Å². The van der Waals surface area contributed by atoms with Gasteiger partial charge in [-0.3, -0.25) is 4.21 Å². The highest BCUT2D eigenvalue weighted by molar-refractivity contribution is 7.85. The third kappa shape index (κ3) is 3.58. The summed E-state index contributed by atoms with van der Waals surface area (Å²) in [6.07, 6.45) is 0.911. The molecule has 0 aromatic heterocycles. The Morgan fingerprint density at radius 2 is 2.32 bits per heavy atom. The van der Waals surface area contributed by atoms with Crippen LogP contribution in [0.2, 0.25) is 0 Å². The van der Waals surface area contributed by atoms with Gasteiger partial charge in [0.25, 0.3) is 0 Å². The standard InChI is InChI=1S/C13H17F2NO2S/c1-16-12(9-4-5-18-7-9)8-19(17)13-3-2-10(14)6-11(13)15/h2-3,6,9,12,16H,4-5,7-8H2,1H3. The molecule has 19 heavy (non-hydrogen) atoms. The second kappa shape index (κ2) is 6.54. The summed E-state index contributed by atoms with van der Waals surface area (Å²) in [5, 5.41) is 3.11. The Hall–Kier alpha value is -0.850. The van der Waals surface area contributed by atoms with Crippen molar-refractivity contribution in [2.75, 3.05) is 26.0 Å². The summed E-state index contributed by atoms with van der Waals surface area (Å²) in [7, 11) is 0.304. The molecule has 0 spiro atoms. The van der Waals surface area contributed by atoms with E-state index in [1.54, 1.807) is 7.05 Å². The highest BCUT2D eigenvalue weighted by Crippen LogP contribution is 2.20. The van der Waals surface area contributed by atoms with E-state index >= 15 is 0 Å². The van der Waals surface area contributed by atoms with Crippen molar-refractivity contribution < 1.29 is 17.7 Å². The predicted octanol–water partition coefficient (Wildman–Crippen LogP) is 1.70. The smallest absolute Gasteiger partial charge is 0.142 e. The minimum Gasteiger partial charge on any atom is -0.381 e. The van der Waals surface area contributed by atoms with Crippen LogP contribution in [0.5, 0.6) is 0 Å². The number of benzene rings is 1. The van der Waals surface area contributed by atoms with Gasteiger partial charge in [0, 0.05) is 30.4 Å². The van der Waals surface area contributed by atoms with E-state index in [0.717, 1.165) is 18.6 Å². The van der Waals surface area contributed by atoms with Gasteiger partial charge in [-0.2, -0.15) is 0 Å². The van der Waals surface area contributed by atoms with Gasteiger partial charge in [0.2, 0.25) is 0 Å². The Bertz CT molecular complexity index is 464. The lowest BCUT2D eigenvalue weighted by Gasteiger charge is -2.21. The lowest BCUT2D eigenvalue weighted by Crippen LogP contribution is -2.38. The summed E-state index contributed by atoms with van der Waals surface area (Å²) >= 11 is 0. The second-order valence-corrected chi connectivity index (χ2v) is 6.07. The zero-order valence-corrected chi connectivity index (χ0v) is 11.5. The number of hydrogen-bond donors (Lipinski definition) is 1. The normalized spacial score (nSPS) is 22.4. The van der Waals surface area contributed by atoms with Gasteiger partial charge >= 0.3 is 0 Å². The molecule has 106 valence electrons. The minimum atomic E-state index is -1.49. The molecule has 1 aromatic carbocycles. The van der Waals surface area contributed by atoms with Crippen molar-refractivity contribution in [3.05, 3.63) is 29.8 Å². The molecule has 1 saturated heterocycles. The van der Waals surface area contributed by atoms with Crippen LogP contribution >= 0.6 is 0 Å². The summed E-state index contributed by atoms with van der Waals surface area (Å²) in [5.74, 6) is -0.825. The van der Waals surface area contributed by atoms with Crippen molar-refractivity contribution in [3.63, 3.8) is 0 Å². The predicted molar refractivity (Wildman–Crippen MR) is 69.4 cm³/mol. The van der Waals surface area contributed by atoms with Crippen LogP contribution in [-0.2, 0) is 15.5 Å². The van der Waals surface area contributed by atoms with Gasteiger partial charge in [0.15, 0.2) is 0 Å². The zero-order chi connectivity index (χ0) is 13.8. The Morgan fingerprint density at radius 1 is 1.53 bits per heavy atom. The number of nitrogens with one attached hydrogen (secondary N) is 1. The summed E-state index contributed by atoms with van der Waals surface area (Å²) in [6, 6.07) is 3.15. The average molecular weight is 289 g/mol. The van der Waals surface area contributed by atoms with E-state index in [-0.39, 0.29) is 16.9 Å². The Morgan fingerprint density at radius 3 is 2.89 bits per heavy atom. The molecule has 1 aliphatic rings. The van der Waals surface area contributed by atoms with Crippen molar-refractivity contribution in [3.8, 4) is 0 Å². The van der Waals surface area contributed by atoms with Crippen LogP contribution in [0, 0.1) is 17.6 Å². The lowest BCUT2D eigenvalue weighted by atomic mass is 10.0. The first-order valence-corrected chi connectivity index (χ1v) is 7.52. The first kappa shape index (κ1) is 14.6. The Labute approximate surface area is 113 Å². The molecular weight excluding hydrogens is 272 g/mol. The molecular formula is C13H17F2NO2S. The molecule has 2 rings (SSSR count). The molecule has 3 atom stereocenters. The van der Waals surface area contributed by atoms with Crippen molar-refractivity contribution in [2.24, 2.45) is 5.92 Å². The van der Waals surface area contributed by atoms with Crippen LogP contribution in [0.4, 0.5) is 8.78 Å². The topological polar surface area (TPSA) is 38.3 Å².